The van der Waals surface area contributed by atoms with Gasteiger partial charge in [0, 0.05) is 5.54 Å². The number of carbonyl (C=O) groups excluding carboxylic acids is 1. The van der Waals surface area contributed by atoms with Gasteiger partial charge in [0.25, 0.3) is 0 Å². The minimum atomic E-state index is -0.129. The molecule has 0 radical (unpaired) electrons. The summed E-state index contributed by atoms with van der Waals surface area (Å²) in [6.07, 6.45) is 0.438. The largest absolute Gasteiger partial charge is 0.466 e. The highest BCUT2D eigenvalue weighted by molar-refractivity contribution is 5.70. The van der Waals surface area contributed by atoms with E-state index in [9.17, 15) is 4.79 Å². The molecule has 0 atom stereocenters. The van der Waals surface area contributed by atoms with Gasteiger partial charge in [-0.3, -0.25) is 4.79 Å². The number of carbonyl (C=O) groups is 1. The molecule has 0 aromatic carbocycles. The maximum Gasteiger partial charge on any atom is 0.307 e. The standard InChI is InChI=1S/C9H19NO2/c1-6-12-8(11)7-9(2,3)10(4)5/h6-7H2,1-5H3. The van der Waals surface area contributed by atoms with Crippen LogP contribution in [0.5, 0.6) is 0 Å². The van der Waals surface area contributed by atoms with Crippen LogP contribution in [0.4, 0.5) is 0 Å². The number of nitrogens with zero attached hydrogens (tertiary/aromatic N) is 1. The van der Waals surface area contributed by atoms with E-state index in [-0.39, 0.29) is 11.5 Å². The number of rotatable bonds is 4. The summed E-state index contributed by atoms with van der Waals surface area (Å²) in [5.74, 6) is -0.129. The van der Waals surface area contributed by atoms with Gasteiger partial charge in [-0.15, -0.1) is 0 Å². The highest BCUT2D eigenvalue weighted by atomic mass is 16.5. The van der Waals surface area contributed by atoms with E-state index >= 15 is 0 Å². The quantitative estimate of drug-likeness (QED) is 0.600. The van der Waals surface area contributed by atoms with Crippen LogP contribution < -0.4 is 0 Å². The fraction of sp³-hybridized carbons (Fsp3) is 0.889. The lowest BCUT2D eigenvalue weighted by Crippen LogP contribution is -2.40. The zero-order valence-electron chi connectivity index (χ0n) is 8.68. The number of hydrogen-bond donors (Lipinski definition) is 0. The Morgan fingerprint density at radius 1 is 1.42 bits per heavy atom. The lowest BCUT2D eigenvalue weighted by atomic mass is 10.00. The first-order valence-corrected chi connectivity index (χ1v) is 4.23. The van der Waals surface area contributed by atoms with Gasteiger partial charge >= 0.3 is 5.97 Å². The molecule has 0 aliphatic heterocycles. The van der Waals surface area contributed by atoms with Crippen molar-refractivity contribution in [2.24, 2.45) is 0 Å². The first-order valence-electron chi connectivity index (χ1n) is 4.23. The Hall–Kier alpha value is -0.570. The zero-order valence-corrected chi connectivity index (χ0v) is 8.68. The lowest BCUT2D eigenvalue weighted by molar-refractivity contribution is -0.145. The maximum absolute atomic E-state index is 11.1. The van der Waals surface area contributed by atoms with Gasteiger partial charge in [-0.25, -0.2) is 0 Å². The van der Waals surface area contributed by atoms with E-state index in [1.807, 2.05) is 39.8 Å². The van der Waals surface area contributed by atoms with Gasteiger partial charge in [-0.1, -0.05) is 0 Å². The predicted octanol–water partition coefficient (Wildman–Crippen LogP) is 1.28. The third kappa shape index (κ3) is 3.72. The SMILES string of the molecule is CCOC(=O)CC(C)(C)N(C)C. The molecule has 0 heterocycles. The Bertz CT molecular complexity index is 153. The van der Waals surface area contributed by atoms with Gasteiger partial charge in [-0.2, -0.15) is 0 Å². The Morgan fingerprint density at radius 3 is 2.25 bits per heavy atom. The van der Waals surface area contributed by atoms with Crippen molar-refractivity contribution in [1.29, 1.82) is 0 Å². The first-order chi connectivity index (χ1) is 5.40. The molecule has 0 unspecified atom stereocenters. The Morgan fingerprint density at radius 2 is 1.92 bits per heavy atom. The molecular formula is C9H19NO2. The molecule has 0 aromatic heterocycles. The van der Waals surface area contributed by atoms with Crippen LogP contribution in [0.2, 0.25) is 0 Å². The predicted molar refractivity (Wildman–Crippen MR) is 49.0 cm³/mol. The van der Waals surface area contributed by atoms with E-state index in [2.05, 4.69) is 0 Å². The highest BCUT2D eigenvalue weighted by Crippen LogP contribution is 2.15. The lowest BCUT2D eigenvalue weighted by Gasteiger charge is -2.31. The van der Waals surface area contributed by atoms with Crippen molar-refractivity contribution in [2.75, 3.05) is 20.7 Å². The molecule has 0 aromatic rings. The average molecular weight is 173 g/mol. The molecule has 0 saturated heterocycles. The second-order valence-corrected chi connectivity index (χ2v) is 3.69. The minimum absolute atomic E-state index is 0.119. The van der Waals surface area contributed by atoms with Gasteiger partial charge in [0.05, 0.1) is 13.0 Å². The number of ether oxygens (including phenoxy) is 1. The van der Waals surface area contributed by atoms with Crippen LogP contribution in [0.1, 0.15) is 27.2 Å². The monoisotopic (exact) mass is 173 g/mol. The summed E-state index contributed by atoms with van der Waals surface area (Å²) in [5, 5.41) is 0. The smallest absolute Gasteiger partial charge is 0.307 e. The van der Waals surface area contributed by atoms with Gasteiger partial charge in [0.2, 0.25) is 0 Å². The van der Waals surface area contributed by atoms with Crippen molar-refractivity contribution in [3.05, 3.63) is 0 Å². The Balaban J connectivity index is 3.97. The highest BCUT2D eigenvalue weighted by Gasteiger charge is 2.24. The molecule has 0 aliphatic rings. The Kier molecular flexibility index (Phi) is 4.24. The number of hydrogen-bond acceptors (Lipinski definition) is 3. The summed E-state index contributed by atoms with van der Waals surface area (Å²) >= 11 is 0. The van der Waals surface area contributed by atoms with Crippen LogP contribution >= 0.6 is 0 Å². The minimum Gasteiger partial charge on any atom is -0.466 e. The van der Waals surface area contributed by atoms with E-state index in [4.69, 9.17) is 4.74 Å². The summed E-state index contributed by atoms with van der Waals surface area (Å²) in [7, 11) is 3.92. The topological polar surface area (TPSA) is 29.5 Å². The molecule has 0 bridgehead atoms. The van der Waals surface area contributed by atoms with Crippen molar-refractivity contribution >= 4 is 5.97 Å². The summed E-state index contributed by atoms with van der Waals surface area (Å²) in [4.78, 5) is 13.1. The third-order valence-electron chi connectivity index (χ3n) is 2.09. The molecule has 3 heteroatoms. The zero-order chi connectivity index (χ0) is 9.78. The summed E-state index contributed by atoms with van der Waals surface area (Å²) < 4.78 is 4.86. The van der Waals surface area contributed by atoms with Crippen molar-refractivity contribution < 1.29 is 9.53 Å². The summed E-state index contributed by atoms with van der Waals surface area (Å²) in [6, 6.07) is 0. The molecule has 0 fully saturated rings. The molecule has 0 rings (SSSR count). The van der Waals surface area contributed by atoms with Gasteiger partial charge < -0.3 is 9.64 Å². The second-order valence-electron chi connectivity index (χ2n) is 3.69. The maximum atomic E-state index is 11.1. The second kappa shape index (κ2) is 4.45. The van der Waals surface area contributed by atoms with Gasteiger partial charge in [0.15, 0.2) is 0 Å². The molecule has 72 valence electrons. The molecule has 3 nitrogen and oxygen atoms in total. The average Bonchev–Trinajstić information content (AvgIpc) is 1.85. The van der Waals surface area contributed by atoms with Gasteiger partial charge in [0.1, 0.15) is 0 Å². The third-order valence-corrected chi connectivity index (χ3v) is 2.09. The van der Waals surface area contributed by atoms with E-state index in [1.54, 1.807) is 0 Å². The summed E-state index contributed by atoms with van der Waals surface area (Å²) in [6.45, 7) is 6.32. The van der Waals surface area contributed by atoms with E-state index < -0.39 is 0 Å². The van der Waals surface area contributed by atoms with Crippen LogP contribution in [0, 0.1) is 0 Å². The van der Waals surface area contributed by atoms with Crippen LogP contribution in [0.3, 0.4) is 0 Å². The van der Waals surface area contributed by atoms with Crippen LogP contribution in [-0.4, -0.2) is 37.1 Å². The van der Waals surface area contributed by atoms with Crippen molar-refractivity contribution in [2.45, 2.75) is 32.7 Å². The van der Waals surface area contributed by atoms with E-state index in [1.165, 1.54) is 0 Å². The van der Waals surface area contributed by atoms with Crippen molar-refractivity contribution in [1.82, 2.24) is 4.90 Å². The molecule has 0 amide bonds. The molecule has 12 heavy (non-hydrogen) atoms. The molecule has 0 spiro atoms. The van der Waals surface area contributed by atoms with Crippen LogP contribution in [0.15, 0.2) is 0 Å². The fourth-order valence-electron chi connectivity index (χ4n) is 0.723. The summed E-state index contributed by atoms with van der Waals surface area (Å²) in [5.41, 5.74) is -0.119. The molecular weight excluding hydrogens is 154 g/mol. The molecule has 0 N–H and O–H groups in total. The van der Waals surface area contributed by atoms with Crippen LogP contribution in [-0.2, 0) is 9.53 Å². The first kappa shape index (κ1) is 11.4. The molecule has 0 saturated carbocycles. The van der Waals surface area contributed by atoms with E-state index in [0.717, 1.165) is 0 Å². The van der Waals surface area contributed by atoms with Crippen molar-refractivity contribution in [3.8, 4) is 0 Å². The Labute approximate surface area is 74.7 Å². The van der Waals surface area contributed by atoms with Crippen LogP contribution in [0.25, 0.3) is 0 Å². The normalized spacial score (nSPS) is 11.8. The fourth-order valence-corrected chi connectivity index (χ4v) is 0.723. The van der Waals surface area contributed by atoms with Gasteiger partial charge in [-0.05, 0) is 34.9 Å². The van der Waals surface area contributed by atoms with Crippen molar-refractivity contribution in [3.63, 3.8) is 0 Å². The molecule has 0 aliphatic carbocycles. The number of esters is 1. The van der Waals surface area contributed by atoms with E-state index in [0.29, 0.717) is 13.0 Å².